The number of halogens is 1. The summed E-state index contributed by atoms with van der Waals surface area (Å²) in [6.45, 7) is 8.98. The first-order chi connectivity index (χ1) is 9.02. The highest BCUT2D eigenvalue weighted by molar-refractivity contribution is 6.31. The van der Waals surface area contributed by atoms with Gasteiger partial charge in [-0.25, -0.2) is 0 Å². The second-order valence-corrected chi connectivity index (χ2v) is 5.29. The van der Waals surface area contributed by atoms with Crippen LogP contribution in [0.25, 0.3) is 0 Å². The lowest BCUT2D eigenvalue weighted by Gasteiger charge is -2.19. The fraction of sp³-hybridized carbons (Fsp3) is 0.375. The Balaban J connectivity index is 2.48. The molecule has 1 atom stereocenters. The summed E-state index contributed by atoms with van der Waals surface area (Å²) in [5.74, 6) is 1.87. The first-order valence-electron chi connectivity index (χ1n) is 6.59. The van der Waals surface area contributed by atoms with Crippen molar-refractivity contribution in [1.29, 1.82) is 0 Å². The molecule has 0 saturated heterocycles. The molecule has 1 heterocycles. The molecule has 102 valence electrons. The van der Waals surface area contributed by atoms with Crippen molar-refractivity contribution in [2.45, 2.75) is 33.7 Å². The van der Waals surface area contributed by atoms with Crippen molar-refractivity contribution >= 4 is 11.6 Å². The number of nitrogens with one attached hydrogen (secondary N) is 1. The van der Waals surface area contributed by atoms with Gasteiger partial charge in [0.1, 0.15) is 11.5 Å². The van der Waals surface area contributed by atoms with E-state index in [1.54, 1.807) is 0 Å². The maximum absolute atomic E-state index is 6.40. The molecule has 2 rings (SSSR count). The zero-order valence-electron chi connectivity index (χ0n) is 11.9. The van der Waals surface area contributed by atoms with Crippen LogP contribution in [0.5, 0.6) is 0 Å². The van der Waals surface area contributed by atoms with Crippen LogP contribution in [-0.4, -0.2) is 6.54 Å². The highest BCUT2D eigenvalue weighted by Crippen LogP contribution is 2.32. The summed E-state index contributed by atoms with van der Waals surface area (Å²) in [6.07, 6.45) is 0. The van der Waals surface area contributed by atoms with Crippen molar-refractivity contribution < 1.29 is 4.42 Å². The number of rotatable bonds is 4. The van der Waals surface area contributed by atoms with E-state index in [2.05, 4.69) is 30.4 Å². The van der Waals surface area contributed by atoms with E-state index < -0.39 is 0 Å². The van der Waals surface area contributed by atoms with Gasteiger partial charge in [-0.3, -0.25) is 0 Å². The molecule has 0 radical (unpaired) electrons. The summed E-state index contributed by atoms with van der Waals surface area (Å²) < 4.78 is 5.64. The molecule has 0 aliphatic heterocycles. The molecule has 1 N–H and O–H groups in total. The molecule has 0 spiro atoms. The standard InChI is InChI=1S/C16H20ClNO/c1-5-18-16(14-9-11(3)19-12(14)4)13-7-6-10(2)8-15(13)17/h6-9,16,18H,5H2,1-4H3. The maximum atomic E-state index is 6.40. The van der Waals surface area contributed by atoms with E-state index in [0.29, 0.717) is 0 Å². The maximum Gasteiger partial charge on any atom is 0.106 e. The van der Waals surface area contributed by atoms with E-state index >= 15 is 0 Å². The summed E-state index contributed by atoms with van der Waals surface area (Å²) >= 11 is 6.40. The predicted molar refractivity (Wildman–Crippen MR) is 79.9 cm³/mol. The van der Waals surface area contributed by atoms with Crippen LogP contribution in [-0.2, 0) is 0 Å². The van der Waals surface area contributed by atoms with Crippen molar-refractivity contribution in [3.8, 4) is 0 Å². The highest BCUT2D eigenvalue weighted by Gasteiger charge is 2.20. The van der Waals surface area contributed by atoms with Gasteiger partial charge in [0.05, 0.1) is 6.04 Å². The largest absolute Gasteiger partial charge is 0.466 e. The normalized spacial score (nSPS) is 12.7. The van der Waals surface area contributed by atoms with Crippen LogP contribution < -0.4 is 5.32 Å². The average molecular weight is 278 g/mol. The van der Waals surface area contributed by atoms with E-state index in [4.69, 9.17) is 16.0 Å². The van der Waals surface area contributed by atoms with E-state index in [-0.39, 0.29) is 6.04 Å². The molecule has 1 unspecified atom stereocenters. The Morgan fingerprint density at radius 3 is 2.42 bits per heavy atom. The fourth-order valence-electron chi connectivity index (χ4n) is 2.39. The van der Waals surface area contributed by atoms with Crippen molar-refractivity contribution in [1.82, 2.24) is 5.32 Å². The molecule has 2 aromatic rings. The molecule has 0 aliphatic carbocycles. The van der Waals surface area contributed by atoms with Gasteiger partial charge in [-0.05, 0) is 50.6 Å². The van der Waals surface area contributed by atoms with Gasteiger partial charge in [-0.2, -0.15) is 0 Å². The topological polar surface area (TPSA) is 25.2 Å². The number of hydrogen-bond donors (Lipinski definition) is 1. The third-order valence-corrected chi connectivity index (χ3v) is 3.59. The van der Waals surface area contributed by atoms with Crippen molar-refractivity contribution in [2.75, 3.05) is 6.54 Å². The minimum atomic E-state index is 0.0792. The van der Waals surface area contributed by atoms with Gasteiger partial charge in [-0.1, -0.05) is 30.7 Å². The molecular weight excluding hydrogens is 258 g/mol. The smallest absolute Gasteiger partial charge is 0.106 e. The lowest BCUT2D eigenvalue weighted by molar-refractivity contribution is 0.495. The highest BCUT2D eigenvalue weighted by atomic mass is 35.5. The first-order valence-corrected chi connectivity index (χ1v) is 6.97. The monoisotopic (exact) mass is 277 g/mol. The van der Waals surface area contributed by atoms with Crippen LogP contribution >= 0.6 is 11.6 Å². The molecular formula is C16H20ClNO. The molecule has 0 saturated carbocycles. The van der Waals surface area contributed by atoms with Crippen molar-refractivity contribution in [2.24, 2.45) is 0 Å². The van der Waals surface area contributed by atoms with E-state index in [0.717, 1.165) is 34.2 Å². The third-order valence-electron chi connectivity index (χ3n) is 3.27. The van der Waals surface area contributed by atoms with Gasteiger partial charge < -0.3 is 9.73 Å². The first kappa shape index (κ1) is 14.2. The van der Waals surface area contributed by atoms with Gasteiger partial charge in [-0.15, -0.1) is 0 Å². The zero-order valence-corrected chi connectivity index (χ0v) is 12.6. The Morgan fingerprint density at radius 2 is 1.89 bits per heavy atom. The molecule has 0 amide bonds. The SMILES string of the molecule is CCNC(c1ccc(C)cc1Cl)c1cc(C)oc1C. The number of furan rings is 1. The van der Waals surface area contributed by atoms with Crippen molar-refractivity contribution in [3.05, 3.63) is 57.5 Å². The molecule has 0 aliphatic rings. The molecule has 2 nitrogen and oxygen atoms in total. The summed E-state index contributed by atoms with van der Waals surface area (Å²) in [6, 6.07) is 8.35. The fourth-order valence-corrected chi connectivity index (χ4v) is 2.74. The lowest BCUT2D eigenvalue weighted by atomic mass is 9.98. The minimum absolute atomic E-state index is 0.0792. The minimum Gasteiger partial charge on any atom is -0.466 e. The number of benzene rings is 1. The van der Waals surface area contributed by atoms with E-state index in [9.17, 15) is 0 Å². The van der Waals surface area contributed by atoms with Gasteiger partial charge in [0.25, 0.3) is 0 Å². The Hall–Kier alpha value is -1.25. The quantitative estimate of drug-likeness (QED) is 0.886. The second-order valence-electron chi connectivity index (χ2n) is 4.88. The Bertz CT molecular complexity index is 574. The van der Waals surface area contributed by atoms with Crippen LogP contribution in [0.15, 0.2) is 28.7 Å². The molecule has 0 bridgehead atoms. The Kier molecular flexibility index (Phi) is 4.33. The number of hydrogen-bond acceptors (Lipinski definition) is 2. The lowest BCUT2D eigenvalue weighted by Crippen LogP contribution is -2.22. The third kappa shape index (κ3) is 3.02. The van der Waals surface area contributed by atoms with Crippen LogP contribution in [0, 0.1) is 20.8 Å². The molecule has 1 aromatic carbocycles. The van der Waals surface area contributed by atoms with Crippen LogP contribution in [0.2, 0.25) is 5.02 Å². The Morgan fingerprint density at radius 1 is 1.16 bits per heavy atom. The van der Waals surface area contributed by atoms with Crippen LogP contribution in [0.4, 0.5) is 0 Å². The summed E-state index contributed by atoms with van der Waals surface area (Å²) in [4.78, 5) is 0. The van der Waals surface area contributed by atoms with Gasteiger partial charge in [0, 0.05) is 10.6 Å². The molecule has 0 fully saturated rings. The molecule has 1 aromatic heterocycles. The summed E-state index contributed by atoms with van der Waals surface area (Å²) in [5, 5.41) is 4.28. The van der Waals surface area contributed by atoms with Gasteiger partial charge in [0.2, 0.25) is 0 Å². The Labute approximate surface area is 119 Å². The van der Waals surface area contributed by atoms with Gasteiger partial charge in [0.15, 0.2) is 0 Å². The number of aryl methyl sites for hydroxylation is 3. The molecule has 19 heavy (non-hydrogen) atoms. The van der Waals surface area contributed by atoms with Crippen LogP contribution in [0.1, 0.15) is 41.2 Å². The van der Waals surface area contributed by atoms with Crippen LogP contribution in [0.3, 0.4) is 0 Å². The summed E-state index contributed by atoms with van der Waals surface area (Å²) in [5.41, 5.74) is 3.42. The molecule has 3 heteroatoms. The van der Waals surface area contributed by atoms with Gasteiger partial charge >= 0.3 is 0 Å². The average Bonchev–Trinajstić information content (AvgIpc) is 2.66. The van der Waals surface area contributed by atoms with E-state index in [1.165, 1.54) is 5.56 Å². The zero-order chi connectivity index (χ0) is 14.0. The second kappa shape index (κ2) is 5.81. The predicted octanol–water partition coefficient (Wildman–Crippen LogP) is 4.56. The summed E-state index contributed by atoms with van der Waals surface area (Å²) in [7, 11) is 0. The van der Waals surface area contributed by atoms with Crippen molar-refractivity contribution in [3.63, 3.8) is 0 Å². The van der Waals surface area contributed by atoms with E-state index in [1.807, 2.05) is 26.8 Å².